The van der Waals surface area contributed by atoms with Crippen LogP contribution in [0.2, 0.25) is 0 Å². The van der Waals surface area contributed by atoms with Crippen LogP contribution in [0.5, 0.6) is 17.2 Å². The summed E-state index contributed by atoms with van der Waals surface area (Å²) < 4.78 is 17.2. The van der Waals surface area contributed by atoms with E-state index in [2.05, 4.69) is 54.6 Å². The zero-order valence-corrected chi connectivity index (χ0v) is 12.3. The SMILES string of the molecule is c1ccc2c(c1)c1ccccc1c1c3c4c(cc21)OP(O4)O3. The maximum atomic E-state index is 5.87. The van der Waals surface area contributed by atoms with Gasteiger partial charge < -0.3 is 13.6 Å². The van der Waals surface area contributed by atoms with E-state index in [1.807, 2.05) is 0 Å². The van der Waals surface area contributed by atoms with Crippen molar-refractivity contribution in [2.45, 2.75) is 0 Å². The Morgan fingerprint density at radius 3 is 1.91 bits per heavy atom. The van der Waals surface area contributed by atoms with Gasteiger partial charge in [0.25, 0.3) is 0 Å². The number of fused-ring (bicyclic) bond motifs is 8. The van der Waals surface area contributed by atoms with Gasteiger partial charge in [0.05, 0.1) is 0 Å². The summed E-state index contributed by atoms with van der Waals surface area (Å²) in [7, 11) is -1.27. The maximum Gasteiger partial charge on any atom is 0.530 e. The molecule has 0 radical (unpaired) electrons. The van der Waals surface area contributed by atoms with Crippen molar-refractivity contribution in [3.63, 3.8) is 0 Å². The van der Waals surface area contributed by atoms with Gasteiger partial charge in [0.15, 0.2) is 11.5 Å². The fourth-order valence-electron chi connectivity index (χ4n) is 3.51. The Morgan fingerprint density at radius 1 is 0.591 bits per heavy atom. The molecule has 104 valence electrons. The summed E-state index contributed by atoms with van der Waals surface area (Å²) in [5, 5.41) is 7.18. The molecule has 2 aliphatic rings. The predicted molar refractivity (Wildman–Crippen MR) is 87.8 cm³/mol. The molecular weight excluding hydrogens is 295 g/mol. The van der Waals surface area contributed by atoms with Crippen molar-refractivity contribution >= 4 is 40.9 Å². The van der Waals surface area contributed by atoms with Crippen LogP contribution in [-0.2, 0) is 0 Å². The van der Waals surface area contributed by atoms with Crippen LogP contribution in [0.25, 0.3) is 32.3 Å². The highest BCUT2D eigenvalue weighted by Gasteiger charge is 2.42. The van der Waals surface area contributed by atoms with Gasteiger partial charge in [-0.25, -0.2) is 0 Å². The summed E-state index contributed by atoms with van der Waals surface area (Å²) in [4.78, 5) is 0. The van der Waals surface area contributed by atoms with Gasteiger partial charge in [-0.2, -0.15) is 0 Å². The minimum absolute atomic E-state index is 0.763. The zero-order valence-electron chi connectivity index (χ0n) is 11.4. The fourth-order valence-corrected chi connectivity index (χ4v) is 4.57. The molecule has 2 heterocycles. The molecule has 0 aliphatic carbocycles. The molecule has 0 saturated carbocycles. The first-order valence-corrected chi connectivity index (χ1v) is 8.24. The fraction of sp³-hybridized carbons (Fsp3) is 0. The summed E-state index contributed by atoms with van der Waals surface area (Å²) in [5.41, 5.74) is 0. The summed E-state index contributed by atoms with van der Waals surface area (Å²) in [5.74, 6) is 2.41. The molecule has 0 saturated heterocycles. The third-order valence-electron chi connectivity index (χ3n) is 4.41. The van der Waals surface area contributed by atoms with Crippen LogP contribution in [0.15, 0.2) is 54.6 Å². The largest absolute Gasteiger partial charge is 0.530 e. The van der Waals surface area contributed by atoms with Crippen LogP contribution in [0, 0.1) is 0 Å². The van der Waals surface area contributed by atoms with Gasteiger partial charge in [0.1, 0.15) is 0 Å². The predicted octanol–water partition coefficient (Wildman–Crippen LogP) is 5.54. The molecular formula is C18H9O3P. The van der Waals surface area contributed by atoms with E-state index in [0.29, 0.717) is 0 Å². The monoisotopic (exact) mass is 304 g/mol. The summed E-state index contributed by atoms with van der Waals surface area (Å²) in [6.45, 7) is 0. The van der Waals surface area contributed by atoms with Gasteiger partial charge in [0, 0.05) is 5.39 Å². The Labute approximate surface area is 127 Å². The summed E-state index contributed by atoms with van der Waals surface area (Å²) in [6.07, 6.45) is 0. The first-order chi connectivity index (χ1) is 10.9. The van der Waals surface area contributed by atoms with Crippen molar-refractivity contribution in [2.75, 3.05) is 0 Å². The molecule has 6 rings (SSSR count). The van der Waals surface area contributed by atoms with Crippen LogP contribution in [-0.4, -0.2) is 0 Å². The molecule has 1 atom stereocenters. The lowest BCUT2D eigenvalue weighted by Crippen LogP contribution is -1.94. The van der Waals surface area contributed by atoms with Gasteiger partial charge in [-0.3, -0.25) is 0 Å². The second-order valence-corrected chi connectivity index (χ2v) is 6.54. The molecule has 0 amide bonds. The number of hydrogen-bond donors (Lipinski definition) is 0. The van der Waals surface area contributed by atoms with E-state index in [-0.39, 0.29) is 0 Å². The van der Waals surface area contributed by atoms with Crippen molar-refractivity contribution in [2.24, 2.45) is 0 Å². The maximum absolute atomic E-state index is 5.87. The third-order valence-corrected chi connectivity index (χ3v) is 5.42. The molecule has 0 spiro atoms. The van der Waals surface area contributed by atoms with Gasteiger partial charge in [-0.15, -0.1) is 0 Å². The van der Waals surface area contributed by atoms with E-state index in [9.17, 15) is 0 Å². The first kappa shape index (κ1) is 11.1. The molecule has 22 heavy (non-hydrogen) atoms. The minimum atomic E-state index is -1.27. The second-order valence-electron chi connectivity index (χ2n) is 5.54. The number of rotatable bonds is 0. The Balaban J connectivity index is 2.00. The summed E-state index contributed by atoms with van der Waals surface area (Å²) in [6, 6.07) is 19.0. The first-order valence-electron chi connectivity index (χ1n) is 7.14. The van der Waals surface area contributed by atoms with E-state index in [4.69, 9.17) is 13.6 Å². The quantitative estimate of drug-likeness (QED) is 0.315. The molecule has 0 N–H and O–H groups in total. The summed E-state index contributed by atoms with van der Waals surface area (Å²) >= 11 is 0. The van der Waals surface area contributed by atoms with Crippen LogP contribution >= 0.6 is 8.60 Å². The minimum Gasteiger partial charge on any atom is -0.404 e. The van der Waals surface area contributed by atoms with Gasteiger partial charge >= 0.3 is 8.60 Å². The standard InChI is InChI=1S/C18H9O3P/c1-2-7-12-10(5-1)11-6-3-4-8-13(11)16-14(12)9-15-17-18(16)21-22(19-15)20-17/h1-9H. The zero-order chi connectivity index (χ0) is 14.3. The molecule has 0 aromatic heterocycles. The Kier molecular flexibility index (Phi) is 1.83. The van der Waals surface area contributed by atoms with Gasteiger partial charge in [-0.1, -0.05) is 48.5 Å². The lowest BCUT2D eigenvalue weighted by atomic mass is 9.93. The topological polar surface area (TPSA) is 27.7 Å². The second kappa shape index (κ2) is 3.63. The van der Waals surface area contributed by atoms with Crippen molar-refractivity contribution in [1.82, 2.24) is 0 Å². The molecule has 4 aromatic carbocycles. The molecule has 2 aliphatic heterocycles. The Morgan fingerprint density at radius 2 is 1.18 bits per heavy atom. The highest BCUT2D eigenvalue weighted by Crippen LogP contribution is 2.67. The molecule has 4 heteroatoms. The highest BCUT2D eigenvalue weighted by molar-refractivity contribution is 7.44. The van der Waals surface area contributed by atoms with Crippen molar-refractivity contribution in [1.29, 1.82) is 0 Å². The average molecular weight is 304 g/mol. The van der Waals surface area contributed by atoms with Gasteiger partial charge in [0.2, 0.25) is 5.75 Å². The van der Waals surface area contributed by atoms with E-state index >= 15 is 0 Å². The van der Waals surface area contributed by atoms with Crippen LogP contribution < -0.4 is 13.6 Å². The number of benzene rings is 4. The van der Waals surface area contributed by atoms with Crippen molar-refractivity contribution < 1.29 is 13.6 Å². The van der Waals surface area contributed by atoms with E-state index in [1.165, 1.54) is 21.5 Å². The van der Waals surface area contributed by atoms with Crippen molar-refractivity contribution in [3.05, 3.63) is 54.6 Å². The smallest absolute Gasteiger partial charge is 0.404 e. The molecule has 3 nitrogen and oxygen atoms in total. The third kappa shape index (κ3) is 1.18. The van der Waals surface area contributed by atoms with Crippen LogP contribution in [0.4, 0.5) is 0 Å². The highest BCUT2D eigenvalue weighted by atomic mass is 31.2. The van der Waals surface area contributed by atoms with Crippen LogP contribution in [0.1, 0.15) is 0 Å². The van der Waals surface area contributed by atoms with Crippen LogP contribution in [0.3, 0.4) is 0 Å². The Bertz CT molecular complexity index is 1120. The molecule has 2 bridgehead atoms. The number of hydrogen-bond acceptors (Lipinski definition) is 3. The van der Waals surface area contributed by atoms with Crippen molar-refractivity contribution in [3.8, 4) is 17.2 Å². The molecule has 4 aromatic rings. The van der Waals surface area contributed by atoms with E-state index in [1.54, 1.807) is 0 Å². The lowest BCUT2D eigenvalue weighted by Gasteiger charge is -2.15. The average Bonchev–Trinajstić information content (AvgIpc) is 3.15. The Hall–Kier alpha value is -2.51. The van der Waals surface area contributed by atoms with E-state index < -0.39 is 8.60 Å². The lowest BCUT2D eigenvalue weighted by molar-refractivity contribution is 0.470. The molecule has 0 fully saturated rings. The van der Waals surface area contributed by atoms with E-state index in [0.717, 1.165) is 28.0 Å². The molecule has 1 unspecified atom stereocenters. The van der Waals surface area contributed by atoms with Gasteiger partial charge in [-0.05, 0) is 33.0 Å². The normalized spacial score (nSPS) is 17.7.